The first kappa shape index (κ1) is 15.9. The number of unbranched alkanes of at least 4 members (excludes halogenated alkanes) is 1. The van der Waals surface area contributed by atoms with E-state index >= 15 is 0 Å². The number of methoxy groups -OCH3 is 1. The van der Waals surface area contributed by atoms with Crippen molar-refractivity contribution in [2.45, 2.75) is 38.6 Å². The fourth-order valence-electron chi connectivity index (χ4n) is 2.40. The molecule has 1 heterocycles. The molecule has 4 heteroatoms. The average molecular weight is 258 g/mol. The van der Waals surface area contributed by atoms with Crippen LogP contribution in [0.4, 0.5) is 0 Å². The molecule has 0 bridgehead atoms. The summed E-state index contributed by atoms with van der Waals surface area (Å²) in [5.74, 6) is 0. The van der Waals surface area contributed by atoms with Gasteiger partial charge in [0.05, 0.1) is 13.2 Å². The zero-order valence-corrected chi connectivity index (χ0v) is 12.3. The number of hydrogen-bond donors (Lipinski definition) is 1. The van der Waals surface area contributed by atoms with Crippen LogP contribution in [-0.2, 0) is 9.47 Å². The molecule has 1 aliphatic rings. The van der Waals surface area contributed by atoms with E-state index in [4.69, 9.17) is 9.47 Å². The van der Waals surface area contributed by atoms with Crippen molar-refractivity contribution in [3.05, 3.63) is 0 Å². The monoisotopic (exact) mass is 258 g/mol. The maximum atomic E-state index is 5.47. The Morgan fingerprint density at radius 3 is 2.78 bits per heavy atom. The molecule has 0 saturated carbocycles. The van der Waals surface area contributed by atoms with Crippen molar-refractivity contribution in [2.24, 2.45) is 0 Å². The van der Waals surface area contributed by atoms with Crippen LogP contribution in [0, 0.1) is 0 Å². The van der Waals surface area contributed by atoms with E-state index < -0.39 is 0 Å². The van der Waals surface area contributed by atoms with Gasteiger partial charge in [-0.1, -0.05) is 0 Å². The molecule has 1 N–H and O–H groups in total. The SMILES string of the molecule is COCCOCCCCN1CCCNC(C)(C)C1. The second-order valence-corrected chi connectivity index (χ2v) is 5.75. The lowest BCUT2D eigenvalue weighted by Gasteiger charge is -2.30. The molecule has 0 aliphatic carbocycles. The third-order valence-electron chi connectivity index (χ3n) is 3.32. The van der Waals surface area contributed by atoms with Gasteiger partial charge in [-0.3, -0.25) is 0 Å². The Morgan fingerprint density at radius 1 is 1.17 bits per heavy atom. The van der Waals surface area contributed by atoms with Gasteiger partial charge in [0.25, 0.3) is 0 Å². The van der Waals surface area contributed by atoms with Crippen molar-refractivity contribution in [1.29, 1.82) is 0 Å². The lowest BCUT2D eigenvalue weighted by atomic mass is 10.1. The van der Waals surface area contributed by atoms with Crippen molar-refractivity contribution < 1.29 is 9.47 Å². The van der Waals surface area contributed by atoms with Gasteiger partial charge in [0, 0.05) is 25.8 Å². The van der Waals surface area contributed by atoms with Crippen molar-refractivity contribution in [3.8, 4) is 0 Å². The topological polar surface area (TPSA) is 33.7 Å². The summed E-state index contributed by atoms with van der Waals surface area (Å²) in [7, 11) is 1.71. The normalized spacial score (nSPS) is 20.8. The van der Waals surface area contributed by atoms with E-state index in [9.17, 15) is 0 Å². The predicted molar refractivity (Wildman–Crippen MR) is 75.1 cm³/mol. The van der Waals surface area contributed by atoms with Crippen molar-refractivity contribution in [1.82, 2.24) is 10.2 Å². The summed E-state index contributed by atoms with van der Waals surface area (Å²) in [6.45, 7) is 11.6. The number of rotatable bonds is 8. The van der Waals surface area contributed by atoms with Crippen LogP contribution in [0.25, 0.3) is 0 Å². The summed E-state index contributed by atoms with van der Waals surface area (Å²) in [5.41, 5.74) is 0.255. The van der Waals surface area contributed by atoms with Crippen LogP contribution in [0.15, 0.2) is 0 Å². The minimum atomic E-state index is 0.255. The van der Waals surface area contributed by atoms with Gasteiger partial charge >= 0.3 is 0 Å². The van der Waals surface area contributed by atoms with Crippen LogP contribution in [-0.4, -0.2) is 63.5 Å². The highest BCUT2D eigenvalue weighted by Gasteiger charge is 2.23. The first-order chi connectivity index (χ1) is 8.64. The largest absolute Gasteiger partial charge is 0.382 e. The standard InChI is InChI=1S/C14H30N2O2/c1-14(2)13-16(9-6-7-15-14)8-4-5-10-18-12-11-17-3/h15H,4-13H2,1-3H3. The van der Waals surface area contributed by atoms with Crippen LogP contribution in [0.3, 0.4) is 0 Å². The molecule has 0 aromatic carbocycles. The molecular weight excluding hydrogens is 228 g/mol. The Kier molecular flexibility index (Phi) is 7.82. The first-order valence-corrected chi connectivity index (χ1v) is 7.18. The maximum absolute atomic E-state index is 5.47. The highest BCUT2D eigenvalue weighted by molar-refractivity contribution is 4.84. The summed E-state index contributed by atoms with van der Waals surface area (Å²) in [5, 5.41) is 3.60. The molecule has 1 aliphatic heterocycles. The summed E-state index contributed by atoms with van der Waals surface area (Å²) >= 11 is 0. The van der Waals surface area contributed by atoms with Crippen molar-refractivity contribution in [2.75, 3.05) is 53.1 Å². The quantitative estimate of drug-likeness (QED) is 0.669. The Morgan fingerprint density at radius 2 is 2.00 bits per heavy atom. The zero-order chi connectivity index (χ0) is 13.3. The molecule has 0 atom stereocenters. The Bertz CT molecular complexity index is 210. The number of nitrogens with one attached hydrogen (secondary N) is 1. The number of ether oxygens (including phenoxy) is 2. The smallest absolute Gasteiger partial charge is 0.0700 e. The third-order valence-corrected chi connectivity index (χ3v) is 3.32. The van der Waals surface area contributed by atoms with E-state index in [0.29, 0.717) is 6.61 Å². The summed E-state index contributed by atoms with van der Waals surface area (Å²) in [6, 6.07) is 0. The number of hydrogen-bond acceptors (Lipinski definition) is 4. The molecule has 0 radical (unpaired) electrons. The molecule has 1 saturated heterocycles. The Labute approximate surface area is 112 Å². The van der Waals surface area contributed by atoms with E-state index in [1.807, 2.05) is 0 Å². The minimum absolute atomic E-state index is 0.255. The molecule has 1 fully saturated rings. The van der Waals surface area contributed by atoms with Crippen LogP contribution < -0.4 is 5.32 Å². The van der Waals surface area contributed by atoms with Gasteiger partial charge in [-0.05, 0) is 52.7 Å². The zero-order valence-electron chi connectivity index (χ0n) is 12.3. The molecule has 0 aromatic heterocycles. The maximum Gasteiger partial charge on any atom is 0.0700 e. The van der Waals surface area contributed by atoms with Crippen molar-refractivity contribution >= 4 is 0 Å². The Balaban J connectivity index is 2.03. The minimum Gasteiger partial charge on any atom is -0.382 e. The molecule has 18 heavy (non-hydrogen) atoms. The van der Waals surface area contributed by atoms with Crippen LogP contribution >= 0.6 is 0 Å². The summed E-state index contributed by atoms with van der Waals surface area (Å²) in [4.78, 5) is 2.58. The van der Waals surface area contributed by atoms with Gasteiger partial charge in [-0.25, -0.2) is 0 Å². The first-order valence-electron chi connectivity index (χ1n) is 7.18. The Hall–Kier alpha value is -0.160. The molecule has 0 unspecified atom stereocenters. The van der Waals surface area contributed by atoms with Crippen molar-refractivity contribution in [3.63, 3.8) is 0 Å². The molecular formula is C14H30N2O2. The molecule has 4 nitrogen and oxygen atoms in total. The van der Waals surface area contributed by atoms with E-state index in [1.54, 1.807) is 7.11 Å². The van der Waals surface area contributed by atoms with E-state index in [2.05, 4.69) is 24.1 Å². The predicted octanol–water partition coefficient (Wildman–Crippen LogP) is 1.50. The van der Waals surface area contributed by atoms with E-state index in [-0.39, 0.29) is 5.54 Å². The highest BCUT2D eigenvalue weighted by atomic mass is 16.5. The molecule has 108 valence electrons. The molecule has 0 spiro atoms. The van der Waals surface area contributed by atoms with Crippen LogP contribution in [0.1, 0.15) is 33.1 Å². The third kappa shape index (κ3) is 7.31. The lowest BCUT2D eigenvalue weighted by molar-refractivity contribution is 0.0674. The van der Waals surface area contributed by atoms with Gasteiger partial charge < -0.3 is 19.7 Å². The fraction of sp³-hybridized carbons (Fsp3) is 1.00. The summed E-state index contributed by atoms with van der Waals surface area (Å²) in [6.07, 6.45) is 3.63. The molecule has 1 rings (SSSR count). The second kappa shape index (κ2) is 8.86. The lowest BCUT2D eigenvalue weighted by Crippen LogP contribution is -2.46. The van der Waals surface area contributed by atoms with E-state index in [0.717, 1.165) is 32.7 Å². The summed E-state index contributed by atoms with van der Waals surface area (Å²) < 4.78 is 10.4. The van der Waals surface area contributed by atoms with Crippen LogP contribution in [0.5, 0.6) is 0 Å². The van der Waals surface area contributed by atoms with Gasteiger partial charge in [0.1, 0.15) is 0 Å². The molecule has 0 amide bonds. The van der Waals surface area contributed by atoms with Gasteiger partial charge in [0.15, 0.2) is 0 Å². The number of nitrogens with zero attached hydrogens (tertiary/aromatic N) is 1. The second-order valence-electron chi connectivity index (χ2n) is 5.75. The van der Waals surface area contributed by atoms with Gasteiger partial charge in [0.2, 0.25) is 0 Å². The highest BCUT2D eigenvalue weighted by Crippen LogP contribution is 2.11. The van der Waals surface area contributed by atoms with Crippen LogP contribution in [0.2, 0.25) is 0 Å². The van der Waals surface area contributed by atoms with Gasteiger partial charge in [-0.15, -0.1) is 0 Å². The average Bonchev–Trinajstić information content (AvgIpc) is 2.49. The molecule has 0 aromatic rings. The van der Waals surface area contributed by atoms with Gasteiger partial charge in [-0.2, -0.15) is 0 Å². The van der Waals surface area contributed by atoms with E-state index in [1.165, 1.54) is 25.9 Å². The fourth-order valence-corrected chi connectivity index (χ4v) is 2.40.